The summed E-state index contributed by atoms with van der Waals surface area (Å²) in [6, 6.07) is 13.5. The Balaban J connectivity index is 1.33. The first-order chi connectivity index (χ1) is 14.0. The number of nitrogens with two attached hydrogens (primary N) is 1. The molecule has 0 saturated carbocycles. The maximum atomic E-state index is 13.1. The molecule has 4 rings (SSSR count). The second-order valence-electron chi connectivity index (χ2n) is 7.91. The van der Waals surface area contributed by atoms with Crippen molar-refractivity contribution in [2.24, 2.45) is 5.73 Å². The summed E-state index contributed by atoms with van der Waals surface area (Å²) in [5.74, 6) is 0.577. The largest absolute Gasteiger partial charge is 0.459 e. The fourth-order valence-electron chi connectivity index (χ4n) is 4.34. The van der Waals surface area contributed by atoms with Crippen molar-refractivity contribution in [3.8, 4) is 0 Å². The molecule has 2 saturated heterocycles. The van der Waals surface area contributed by atoms with Gasteiger partial charge in [0.2, 0.25) is 5.91 Å². The predicted molar refractivity (Wildman–Crippen MR) is 109 cm³/mol. The van der Waals surface area contributed by atoms with Crippen LogP contribution in [0.3, 0.4) is 0 Å². The number of nitrogens with zero attached hydrogens (tertiary/aromatic N) is 3. The average molecular weight is 396 g/mol. The highest BCUT2D eigenvalue weighted by molar-refractivity contribution is 5.91. The maximum Gasteiger partial charge on any atom is 0.289 e. The highest BCUT2D eigenvalue weighted by Crippen LogP contribution is 2.28. The highest BCUT2D eigenvalue weighted by Gasteiger charge is 2.37. The van der Waals surface area contributed by atoms with Gasteiger partial charge in [0.25, 0.3) is 5.91 Å². The van der Waals surface area contributed by atoms with Gasteiger partial charge in [-0.1, -0.05) is 30.3 Å². The number of likely N-dealkylation sites (tertiary alicyclic amines) is 1. The lowest BCUT2D eigenvalue weighted by molar-refractivity contribution is -0.137. The third kappa shape index (κ3) is 4.06. The summed E-state index contributed by atoms with van der Waals surface area (Å²) in [6.07, 6.45) is 1.50. The van der Waals surface area contributed by atoms with Crippen molar-refractivity contribution in [2.45, 2.75) is 24.9 Å². The molecule has 0 spiro atoms. The molecular weight excluding hydrogens is 368 g/mol. The van der Waals surface area contributed by atoms with E-state index in [4.69, 9.17) is 10.2 Å². The van der Waals surface area contributed by atoms with Crippen LogP contribution in [0.5, 0.6) is 0 Å². The van der Waals surface area contributed by atoms with Crippen LogP contribution in [-0.2, 0) is 4.79 Å². The number of amides is 2. The van der Waals surface area contributed by atoms with Gasteiger partial charge in [-0.15, -0.1) is 0 Å². The molecule has 3 atom stereocenters. The second kappa shape index (κ2) is 8.39. The summed E-state index contributed by atoms with van der Waals surface area (Å²) in [7, 11) is 0. The van der Waals surface area contributed by atoms with Crippen molar-refractivity contribution >= 4 is 11.8 Å². The number of carbonyl (C=O) groups excluding carboxylic acids is 2. The van der Waals surface area contributed by atoms with Crippen LogP contribution in [0.4, 0.5) is 0 Å². The zero-order valence-corrected chi connectivity index (χ0v) is 16.7. The van der Waals surface area contributed by atoms with Gasteiger partial charge < -0.3 is 20.0 Å². The molecule has 2 N–H and O–H groups in total. The summed E-state index contributed by atoms with van der Waals surface area (Å²) in [6.45, 7) is 5.57. The van der Waals surface area contributed by atoms with E-state index < -0.39 is 0 Å². The second-order valence-corrected chi connectivity index (χ2v) is 7.91. The van der Waals surface area contributed by atoms with E-state index in [0.29, 0.717) is 38.5 Å². The number of carbonyl (C=O) groups is 2. The first kappa shape index (κ1) is 19.7. The van der Waals surface area contributed by atoms with Crippen LogP contribution in [0.1, 0.15) is 29.0 Å². The lowest BCUT2D eigenvalue weighted by Gasteiger charge is -2.37. The van der Waals surface area contributed by atoms with Gasteiger partial charge >= 0.3 is 0 Å². The quantitative estimate of drug-likeness (QED) is 0.844. The Morgan fingerprint density at radius 3 is 2.34 bits per heavy atom. The normalized spacial score (nSPS) is 23.9. The SMILES string of the molecule is CC(C(=O)N1CCN(C(=O)c2ccco2)CC1)N1C[C@@H](N)[C@H](c2ccccc2)C1. The molecule has 0 radical (unpaired) electrons. The topological polar surface area (TPSA) is 83.0 Å². The summed E-state index contributed by atoms with van der Waals surface area (Å²) in [5.41, 5.74) is 7.62. The highest BCUT2D eigenvalue weighted by atomic mass is 16.3. The molecule has 2 aliphatic rings. The van der Waals surface area contributed by atoms with Crippen molar-refractivity contribution in [3.63, 3.8) is 0 Å². The summed E-state index contributed by atoms with van der Waals surface area (Å²) < 4.78 is 5.19. The van der Waals surface area contributed by atoms with Gasteiger partial charge in [-0.05, 0) is 24.6 Å². The first-order valence-corrected chi connectivity index (χ1v) is 10.2. The van der Waals surface area contributed by atoms with Gasteiger partial charge in [-0.3, -0.25) is 14.5 Å². The van der Waals surface area contributed by atoms with E-state index in [1.54, 1.807) is 17.0 Å². The summed E-state index contributed by atoms with van der Waals surface area (Å²) in [5, 5.41) is 0. The Bertz CT molecular complexity index is 831. The van der Waals surface area contributed by atoms with Crippen molar-refractivity contribution in [1.29, 1.82) is 0 Å². The van der Waals surface area contributed by atoms with Crippen LogP contribution in [0.2, 0.25) is 0 Å². The average Bonchev–Trinajstić information content (AvgIpc) is 3.43. The molecule has 2 amide bonds. The van der Waals surface area contributed by atoms with E-state index in [1.807, 2.05) is 30.0 Å². The number of benzene rings is 1. The fraction of sp³-hybridized carbons (Fsp3) is 0.455. The molecule has 2 aromatic rings. The third-order valence-corrected chi connectivity index (χ3v) is 6.14. The molecule has 154 valence electrons. The van der Waals surface area contributed by atoms with Gasteiger partial charge in [-0.25, -0.2) is 0 Å². The fourth-order valence-corrected chi connectivity index (χ4v) is 4.34. The lowest BCUT2D eigenvalue weighted by Crippen LogP contribution is -2.55. The molecule has 1 unspecified atom stereocenters. The Labute approximate surface area is 171 Å². The Morgan fingerprint density at radius 2 is 1.69 bits per heavy atom. The van der Waals surface area contributed by atoms with E-state index in [-0.39, 0.29) is 29.8 Å². The van der Waals surface area contributed by atoms with Gasteiger partial charge in [0.05, 0.1) is 12.3 Å². The molecule has 2 fully saturated rings. The number of piperazine rings is 1. The predicted octanol–water partition coefficient (Wildman–Crippen LogP) is 1.38. The Kier molecular flexibility index (Phi) is 5.69. The molecule has 7 heteroatoms. The van der Waals surface area contributed by atoms with Crippen LogP contribution in [-0.4, -0.2) is 77.9 Å². The molecule has 7 nitrogen and oxygen atoms in total. The standard InChI is InChI=1S/C22H28N4O3/c1-16(26-14-18(19(23)15-26)17-6-3-2-4-7-17)21(27)24-9-11-25(12-10-24)22(28)20-8-5-13-29-20/h2-8,13,16,18-19H,9-12,14-15,23H2,1H3/t16?,18-,19+/m0/s1. The molecule has 0 aliphatic carbocycles. The van der Waals surface area contributed by atoms with Crippen LogP contribution in [0, 0.1) is 0 Å². The molecule has 1 aromatic heterocycles. The van der Waals surface area contributed by atoms with Crippen molar-refractivity contribution < 1.29 is 14.0 Å². The minimum Gasteiger partial charge on any atom is -0.459 e. The van der Waals surface area contributed by atoms with Crippen LogP contribution in [0.25, 0.3) is 0 Å². The Hall–Kier alpha value is -2.64. The molecule has 29 heavy (non-hydrogen) atoms. The third-order valence-electron chi connectivity index (χ3n) is 6.14. The molecular formula is C22H28N4O3. The van der Waals surface area contributed by atoms with Crippen LogP contribution >= 0.6 is 0 Å². The zero-order chi connectivity index (χ0) is 20.4. The molecule has 0 bridgehead atoms. The van der Waals surface area contributed by atoms with E-state index >= 15 is 0 Å². The number of hydrogen-bond donors (Lipinski definition) is 1. The van der Waals surface area contributed by atoms with Crippen molar-refractivity contribution in [2.75, 3.05) is 39.3 Å². The number of rotatable bonds is 4. The first-order valence-electron chi connectivity index (χ1n) is 10.2. The van der Waals surface area contributed by atoms with Crippen molar-refractivity contribution in [1.82, 2.24) is 14.7 Å². The zero-order valence-electron chi connectivity index (χ0n) is 16.7. The van der Waals surface area contributed by atoms with Gasteiger partial charge in [0.15, 0.2) is 5.76 Å². The van der Waals surface area contributed by atoms with Crippen LogP contribution in [0.15, 0.2) is 53.1 Å². The van der Waals surface area contributed by atoms with E-state index in [1.165, 1.54) is 11.8 Å². The minimum absolute atomic E-state index is 0.0235. The van der Waals surface area contributed by atoms with E-state index in [9.17, 15) is 9.59 Å². The summed E-state index contributed by atoms with van der Waals surface area (Å²) >= 11 is 0. The lowest BCUT2D eigenvalue weighted by atomic mass is 9.95. The van der Waals surface area contributed by atoms with Gasteiger partial charge in [-0.2, -0.15) is 0 Å². The van der Waals surface area contributed by atoms with Crippen molar-refractivity contribution in [3.05, 3.63) is 60.1 Å². The smallest absolute Gasteiger partial charge is 0.289 e. The molecule has 3 heterocycles. The van der Waals surface area contributed by atoms with E-state index in [0.717, 1.165) is 6.54 Å². The minimum atomic E-state index is -0.220. The number of hydrogen-bond acceptors (Lipinski definition) is 5. The monoisotopic (exact) mass is 396 g/mol. The van der Waals surface area contributed by atoms with E-state index in [2.05, 4.69) is 17.0 Å². The summed E-state index contributed by atoms with van der Waals surface area (Å²) in [4.78, 5) is 31.2. The molecule has 2 aliphatic heterocycles. The van der Waals surface area contributed by atoms with Gasteiger partial charge in [0, 0.05) is 51.2 Å². The van der Waals surface area contributed by atoms with Gasteiger partial charge in [0.1, 0.15) is 0 Å². The molecule has 1 aromatic carbocycles. The Morgan fingerprint density at radius 1 is 1.00 bits per heavy atom. The maximum absolute atomic E-state index is 13.1. The number of furan rings is 1. The van der Waals surface area contributed by atoms with Crippen LogP contribution < -0.4 is 5.73 Å².